The van der Waals surface area contributed by atoms with Gasteiger partial charge in [-0.3, -0.25) is 0 Å². The van der Waals surface area contributed by atoms with Crippen LogP contribution in [0.1, 0.15) is 90.9 Å². The van der Waals surface area contributed by atoms with Crippen LogP contribution in [0.25, 0.3) is 21.5 Å². The van der Waals surface area contributed by atoms with Gasteiger partial charge in [-0.25, -0.2) is 4.39 Å². The molecule has 0 fully saturated rings. The molecule has 0 aliphatic heterocycles. The van der Waals surface area contributed by atoms with Gasteiger partial charge in [-0.05, 0) is 53.3 Å². The van der Waals surface area contributed by atoms with E-state index in [1.807, 2.05) is 30.3 Å². The highest BCUT2D eigenvalue weighted by Gasteiger charge is 2.11. The summed E-state index contributed by atoms with van der Waals surface area (Å²) in [6.45, 7) is 5.75. The molecule has 0 spiro atoms. The van der Waals surface area contributed by atoms with Crippen LogP contribution >= 0.6 is 0 Å². The fourth-order valence-corrected chi connectivity index (χ4v) is 4.41. The van der Waals surface area contributed by atoms with Gasteiger partial charge >= 0.3 is 0 Å². The Balaban J connectivity index is 1.54. The van der Waals surface area contributed by atoms with Crippen LogP contribution in [0.4, 0.5) is 4.39 Å². The van der Waals surface area contributed by atoms with Crippen molar-refractivity contribution in [2.45, 2.75) is 90.9 Å². The van der Waals surface area contributed by atoms with Crippen molar-refractivity contribution in [2.24, 2.45) is 0 Å². The van der Waals surface area contributed by atoms with Crippen molar-refractivity contribution in [1.82, 2.24) is 0 Å². The van der Waals surface area contributed by atoms with Gasteiger partial charge in [0, 0.05) is 5.39 Å². The zero-order valence-electron chi connectivity index (χ0n) is 20.6. The first kappa shape index (κ1) is 25.3. The first-order chi connectivity index (χ1) is 16.2. The van der Waals surface area contributed by atoms with E-state index in [-0.39, 0.29) is 5.82 Å². The van der Waals surface area contributed by atoms with Crippen LogP contribution in [0.2, 0.25) is 0 Å². The van der Waals surface area contributed by atoms with Gasteiger partial charge in [0.15, 0.2) is 11.6 Å². The maximum Gasteiger partial charge on any atom is 0.172 e. The number of ether oxygens (including phenoxy) is 2. The predicted molar refractivity (Wildman–Crippen MR) is 139 cm³/mol. The van der Waals surface area contributed by atoms with Crippen molar-refractivity contribution in [3.05, 3.63) is 48.3 Å². The minimum absolute atomic E-state index is 0.264. The fraction of sp³-hybridized carbons (Fsp3) is 0.533. The predicted octanol–water partition coefficient (Wildman–Crippen LogP) is 9.61. The maximum absolute atomic E-state index is 15.1. The summed E-state index contributed by atoms with van der Waals surface area (Å²) in [5, 5.41) is 3.64. The van der Waals surface area contributed by atoms with E-state index in [4.69, 9.17) is 9.47 Å². The average molecular weight is 453 g/mol. The van der Waals surface area contributed by atoms with Crippen LogP contribution in [-0.4, -0.2) is 13.2 Å². The lowest BCUT2D eigenvalue weighted by Gasteiger charge is -2.12. The molecule has 2 nitrogen and oxygen atoms in total. The second-order valence-electron chi connectivity index (χ2n) is 9.15. The number of benzene rings is 3. The summed E-state index contributed by atoms with van der Waals surface area (Å²) in [6, 6.07) is 13.7. The Morgan fingerprint density at radius 2 is 1.15 bits per heavy atom. The number of fused-ring (bicyclic) bond motifs is 3. The molecule has 0 amide bonds. The molecule has 3 heteroatoms. The smallest absolute Gasteiger partial charge is 0.172 e. The Bertz CT molecular complexity index is 982. The highest BCUT2D eigenvalue weighted by Crippen LogP contribution is 2.33. The Kier molecular flexibility index (Phi) is 10.8. The Labute approximate surface area is 199 Å². The maximum atomic E-state index is 15.1. The monoisotopic (exact) mass is 452 g/mol. The molecular weight excluding hydrogens is 411 g/mol. The van der Waals surface area contributed by atoms with Crippen LogP contribution in [0, 0.1) is 5.82 Å². The highest BCUT2D eigenvalue weighted by molar-refractivity contribution is 6.08. The number of rotatable bonds is 16. The summed E-state index contributed by atoms with van der Waals surface area (Å²) < 4.78 is 26.8. The Morgan fingerprint density at radius 3 is 1.88 bits per heavy atom. The molecule has 33 heavy (non-hydrogen) atoms. The van der Waals surface area contributed by atoms with E-state index in [1.54, 1.807) is 6.07 Å². The second kappa shape index (κ2) is 14.1. The molecule has 0 saturated heterocycles. The number of hydrogen-bond acceptors (Lipinski definition) is 2. The summed E-state index contributed by atoms with van der Waals surface area (Å²) >= 11 is 0. The molecule has 3 aromatic carbocycles. The minimum atomic E-state index is -0.264. The fourth-order valence-electron chi connectivity index (χ4n) is 4.41. The molecule has 0 aliphatic rings. The van der Waals surface area contributed by atoms with E-state index in [9.17, 15) is 0 Å². The van der Waals surface area contributed by atoms with E-state index in [2.05, 4.69) is 19.9 Å². The molecule has 180 valence electrons. The van der Waals surface area contributed by atoms with Gasteiger partial charge in [-0.15, -0.1) is 0 Å². The lowest BCUT2D eigenvalue weighted by atomic mass is 10.0. The molecule has 0 aliphatic carbocycles. The summed E-state index contributed by atoms with van der Waals surface area (Å²) in [4.78, 5) is 0. The van der Waals surface area contributed by atoms with E-state index < -0.39 is 0 Å². The van der Waals surface area contributed by atoms with Crippen LogP contribution in [-0.2, 0) is 0 Å². The molecule has 0 aromatic heterocycles. The van der Waals surface area contributed by atoms with Gasteiger partial charge < -0.3 is 9.47 Å². The average Bonchev–Trinajstić information content (AvgIpc) is 2.83. The second-order valence-corrected chi connectivity index (χ2v) is 9.15. The van der Waals surface area contributed by atoms with E-state index in [1.165, 1.54) is 57.8 Å². The number of unbranched alkanes of at least 4 members (excludes halogenated alkanes) is 10. The summed E-state index contributed by atoms with van der Waals surface area (Å²) in [7, 11) is 0. The largest absolute Gasteiger partial charge is 0.494 e. The van der Waals surface area contributed by atoms with Gasteiger partial charge in [0.1, 0.15) is 5.75 Å². The Morgan fingerprint density at radius 1 is 0.576 bits per heavy atom. The molecular formula is C30H41FO2. The van der Waals surface area contributed by atoms with Crippen LogP contribution < -0.4 is 9.47 Å². The van der Waals surface area contributed by atoms with Crippen molar-refractivity contribution in [2.75, 3.05) is 13.2 Å². The summed E-state index contributed by atoms with van der Waals surface area (Å²) in [5.41, 5.74) is 0. The van der Waals surface area contributed by atoms with E-state index in [0.717, 1.165) is 47.8 Å². The first-order valence-electron chi connectivity index (χ1n) is 13.1. The third-order valence-corrected chi connectivity index (χ3v) is 6.41. The zero-order chi connectivity index (χ0) is 23.3. The van der Waals surface area contributed by atoms with Crippen molar-refractivity contribution < 1.29 is 13.9 Å². The van der Waals surface area contributed by atoms with Crippen molar-refractivity contribution in [3.8, 4) is 11.5 Å². The molecule has 0 N–H and O–H groups in total. The quantitative estimate of drug-likeness (QED) is 0.159. The van der Waals surface area contributed by atoms with Gasteiger partial charge in [-0.2, -0.15) is 0 Å². The van der Waals surface area contributed by atoms with Gasteiger partial charge in [0.25, 0.3) is 0 Å². The van der Waals surface area contributed by atoms with Crippen LogP contribution in [0.15, 0.2) is 42.5 Å². The van der Waals surface area contributed by atoms with Gasteiger partial charge in [0.05, 0.1) is 13.2 Å². The highest BCUT2D eigenvalue weighted by atomic mass is 19.1. The molecule has 0 saturated carbocycles. The van der Waals surface area contributed by atoms with Crippen molar-refractivity contribution >= 4 is 21.5 Å². The normalized spacial score (nSPS) is 11.4. The van der Waals surface area contributed by atoms with Gasteiger partial charge in [-0.1, -0.05) is 96.3 Å². The lowest BCUT2D eigenvalue weighted by molar-refractivity contribution is 0.292. The number of halogens is 1. The molecule has 3 aromatic rings. The van der Waals surface area contributed by atoms with E-state index in [0.29, 0.717) is 17.7 Å². The van der Waals surface area contributed by atoms with Crippen LogP contribution in [0.5, 0.6) is 11.5 Å². The SMILES string of the molecule is CCCCCCCCCCOc1ccc2c(ccc3c(F)c(OCCCCCC)ccc32)c1. The zero-order valence-corrected chi connectivity index (χ0v) is 20.6. The minimum Gasteiger partial charge on any atom is -0.494 e. The number of hydrogen-bond donors (Lipinski definition) is 0. The third kappa shape index (κ3) is 7.62. The summed E-state index contributed by atoms with van der Waals surface area (Å²) in [5.74, 6) is 0.973. The lowest BCUT2D eigenvalue weighted by Crippen LogP contribution is -2.00. The van der Waals surface area contributed by atoms with Gasteiger partial charge in [0.2, 0.25) is 0 Å². The molecule has 0 atom stereocenters. The topological polar surface area (TPSA) is 18.5 Å². The molecule has 0 radical (unpaired) electrons. The van der Waals surface area contributed by atoms with Crippen molar-refractivity contribution in [1.29, 1.82) is 0 Å². The van der Waals surface area contributed by atoms with Crippen molar-refractivity contribution in [3.63, 3.8) is 0 Å². The Hall–Kier alpha value is -2.29. The third-order valence-electron chi connectivity index (χ3n) is 6.41. The standard InChI is InChI=1S/C30H41FO2/c1-3-5-7-9-10-11-12-14-21-32-25-16-18-26-24(23-25)15-17-28-27(26)19-20-29(30(28)31)33-22-13-8-6-4-2/h15-20,23H,3-14,21-22H2,1-2H3. The first-order valence-corrected chi connectivity index (χ1v) is 13.1. The molecule has 0 bridgehead atoms. The summed E-state index contributed by atoms with van der Waals surface area (Å²) in [6.07, 6.45) is 14.8. The molecule has 3 rings (SSSR count). The van der Waals surface area contributed by atoms with Crippen LogP contribution in [0.3, 0.4) is 0 Å². The molecule has 0 unspecified atom stereocenters. The van der Waals surface area contributed by atoms with E-state index >= 15 is 4.39 Å². The molecule has 0 heterocycles.